The van der Waals surface area contributed by atoms with Crippen LogP contribution in [0.5, 0.6) is 0 Å². The molecule has 3 fully saturated rings. The molecule has 3 aliphatic rings. The number of hydrogen-bond donors (Lipinski definition) is 1. The summed E-state index contributed by atoms with van der Waals surface area (Å²) in [6, 6.07) is 0.757. The quantitative estimate of drug-likeness (QED) is 0.779. The van der Waals surface area contributed by atoms with Crippen LogP contribution in [0.15, 0.2) is 0 Å². The van der Waals surface area contributed by atoms with E-state index in [1.807, 2.05) is 0 Å². The van der Waals surface area contributed by atoms with E-state index >= 15 is 0 Å². The largest absolute Gasteiger partial charge is 0.329 e. The van der Waals surface area contributed by atoms with E-state index in [4.69, 9.17) is 5.73 Å². The Labute approximate surface area is 112 Å². The summed E-state index contributed by atoms with van der Waals surface area (Å²) >= 11 is 0. The molecular formula is C15H29N3. The summed E-state index contributed by atoms with van der Waals surface area (Å²) in [5.74, 6) is 0.982. The topological polar surface area (TPSA) is 32.5 Å². The molecule has 0 aromatic heterocycles. The molecule has 0 radical (unpaired) electrons. The Balaban J connectivity index is 1.78. The van der Waals surface area contributed by atoms with Gasteiger partial charge in [-0.2, -0.15) is 0 Å². The van der Waals surface area contributed by atoms with Crippen molar-refractivity contribution in [1.82, 2.24) is 9.80 Å². The minimum atomic E-state index is 0.315. The van der Waals surface area contributed by atoms with E-state index in [2.05, 4.69) is 16.7 Å². The lowest BCUT2D eigenvalue weighted by molar-refractivity contribution is 0.0604. The van der Waals surface area contributed by atoms with Crippen molar-refractivity contribution in [2.45, 2.75) is 57.0 Å². The van der Waals surface area contributed by atoms with Crippen molar-refractivity contribution in [2.75, 3.05) is 32.7 Å². The molecule has 0 spiro atoms. The van der Waals surface area contributed by atoms with Crippen molar-refractivity contribution in [3.8, 4) is 0 Å². The predicted molar refractivity (Wildman–Crippen MR) is 75.6 cm³/mol. The van der Waals surface area contributed by atoms with Crippen molar-refractivity contribution in [1.29, 1.82) is 0 Å². The third kappa shape index (κ3) is 2.10. The fourth-order valence-electron chi connectivity index (χ4n) is 4.32. The van der Waals surface area contributed by atoms with Gasteiger partial charge in [-0.1, -0.05) is 6.92 Å². The van der Waals surface area contributed by atoms with Gasteiger partial charge < -0.3 is 5.73 Å². The number of fused-ring (bicyclic) bond motifs is 1. The van der Waals surface area contributed by atoms with Crippen LogP contribution in [0.4, 0.5) is 0 Å². The molecule has 2 N–H and O–H groups in total. The van der Waals surface area contributed by atoms with Gasteiger partial charge in [-0.3, -0.25) is 9.80 Å². The van der Waals surface area contributed by atoms with Gasteiger partial charge in [-0.05, 0) is 57.5 Å². The third-order valence-corrected chi connectivity index (χ3v) is 5.47. The number of rotatable bonds is 6. The zero-order chi connectivity index (χ0) is 12.6. The van der Waals surface area contributed by atoms with Crippen LogP contribution >= 0.6 is 0 Å². The van der Waals surface area contributed by atoms with Crippen LogP contribution in [0.2, 0.25) is 0 Å². The lowest BCUT2D eigenvalue weighted by Crippen LogP contribution is -2.60. The molecule has 3 heteroatoms. The molecule has 18 heavy (non-hydrogen) atoms. The summed E-state index contributed by atoms with van der Waals surface area (Å²) in [6.07, 6.45) is 8.24. The van der Waals surface area contributed by atoms with Crippen molar-refractivity contribution < 1.29 is 0 Å². The molecule has 2 atom stereocenters. The molecule has 104 valence electrons. The van der Waals surface area contributed by atoms with Gasteiger partial charge in [0, 0.05) is 31.2 Å². The second-order valence-corrected chi connectivity index (χ2v) is 6.64. The predicted octanol–water partition coefficient (Wildman–Crippen LogP) is 1.67. The van der Waals surface area contributed by atoms with Gasteiger partial charge in [0.15, 0.2) is 0 Å². The average molecular weight is 251 g/mol. The smallest absolute Gasteiger partial charge is 0.0498 e. The summed E-state index contributed by atoms with van der Waals surface area (Å²) in [5.41, 5.74) is 6.60. The van der Waals surface area contributed by atoms with Crippen LogP contribution in [0.25, 0.3) is 0 Å². The SMILES string of the molecule is CCCN(CC1CC1)C1(CN)CCN2CCCC21. The summed E-state index contributed by atoms with van der Waals surface area (Å²) < 4.78 is 0. The molecule has 3 rings (SSSR count). The van der Waals surface area contributed by atoms with Crippen molar-refractivity contribution in [2.24, 2.45) is 11.7 Å². The lowest BCUT2D eigenvalue weighted by atomic mass is 9.86. The second-order valence-electron chi connectivity index (χ2n) is 6.64. The van der Waals surface area contributed by atoms with Crippen LogP contribution < -0.4 is 5.73 Å². The van der Waals surface area contributed by atoms with Gasteiger partial charge >= 0.3 is 0 Å². The summed E-state index contributed by atoms with van der Waals surface area (Å²) in [5, 5.41) is 0. The van der Waals surface area contributed by atoms with Crippen molar-refractivity contribution in [3.63, 3.8) is 0 Å². The molecule has 1 saturated carbocycles. The first-order chi connectivity index (χ1) is 8.80. The summed E-state index contributed by atoms with van der Waals surface area (Å²) in [7, 11) is 0. The fourth-order valence-corrected chi connectivity index (χ4v) is 4.32. The molecule has 3 nitrogen and oxygen atoms in total. The van der Waals surface area contributed by atoms with E-state index < -0.39 is 0 Å². The van der Waals surface area contributed by atoms with Crippen molar-refractivity contribution in [3.05, 3.63) is 0 Å². The first-order valence-electron chi connectivity index (χ1n) is 7.99. The monoisotopic (exact) mass is 251 g/mol. The van der Waals surface area contributed by atoms with Gasteiger partial charge in [-0.15, -0.1) is 0 Å². The highest BCUT2D eigenvalue weighted by Crippen LogP contribution is 2.42. The fraction of sp³-hybridized carbons (Fsp3) is 1.00. The highest BCUT2D eigenvalue weighted by Gasteiger charge is 2.51. The van der Waals surface area contributed by atoms with Gasteiger partial charge in [0.05, 0.1) is 0 Å². The molecule has 2 unspecified atom stereocenters. The van der Waals surface area contributed by atoms with Gasteiger partial charge in [0.1, 0.15) is 0 Å². The van der Waals surface area contributed by atoms with E-state index in [1.54, 1.807) is 0 Å². The molecule has 0 aromatic carbocycles. The zero-order valence-electron chi connectivity index (χ0n) is 11.9. The highest BCUT2D eigenvalue weighted by atomic mass is 15.3. The first-order valence-corrected chi connectivity index (χ1v) is 7.99. The van der Waals surface area contributed by atoms with E-state index in [-0.39, 0.29) is 0 Å². The van der Waals surface area contributed by atoms with E-state index in [0.29, 0.717) is 5.54 Å². The molecule has 0 aromatic rings. The Kier molecular flexibility index (Phi) is 3.65. The van der Waals surface area contributed by atoms with Crippen LogP contribution in [-0.4, -0.2) is 54.1 Å². The molecular weight excluding hydrogens is 222 g/mol. The van der Waals surface area contributed by atoms with Gasteiger partial charge in [0.2, 0.25) is 0 Å². The first kappa shape index (κ1) is 12.9. The molecule has 2 heterocycles. The Bertz CT molecular complexity index is 289. The van der Waals surface area contributed by atoms with E-state index in [0.717, 1.165) is 18.5 Å². The number of nitrogens with two attached hydrogens (primary N) is 1. The molecule has 1 aliphatic carbocycles. The van der Waals surface area contributed by atoms with Crippen LogP contribution in [0.3, 0.4) is 0 Å². The van der Waals surface area contributed by atoms with Crippen LogP contribution in [0.1, 0.15) is 45.4 Å². The Morgan fingerprint density at radius 1 is 1.28 bits per heavy atom. The van der Waals surface area contributed by atoms with Crippen molar-refractivity contribution >= 4 is 0 Å². The van der Waals surface area contributed by atoms with Crippen LogP contribution in [-0.2, 0) is 0 Å². The Morgan fingerprint density at radius 3 is 2.78 bits per heavy atom. The summed E-state index contributed by atoms with van der Waals surface area (Å²) in [4.78, 5) is 5.50. The highest BCUT2D eigenvalue weighted by molar-refractivity contribution is 5.10. The van der Waals surface area contributed by atoms with Crippen LogP contribution in [0, 0.1) is 5.92 Å². The molecule has 2 saturated heterocycles. The minimum absolute atomic E-state index is 0.315. The second kappa shape index (κ2) is 5.10. The van der Waals surface area contributed by atoms with Gasteiger partial charge in [0.25, 0.3) is 0 Å². The Hall–Kier alpha value is -0.120. The van der Waals surface area contributed by atoms with E-state index in [9.17, 15) is 0 Å². The lowest BCUT2D eigenvalue weighted by Gasteiger charge is -2.45. The van der Waals surface area contributed by atoms with Gasteiger partial charge in [-0.25, -0.2) is 0 Å². The molecule has 0 amide bonds. The maximum absolute atomic E-state index is 6.28. The average Bonchev–Trinajstić information content (AvgIpc) is 2.94. The maximum Gasteiger partial charge on any atom is 0.0498 e. The Morgan fingerprint density at radius 2 is 2.11 bits per heavy atom. The standard InChI is InChI=1S/C15H29N3/c1-2-8-18(11-13-5-6-13)15(12-16)7-10-17-9-3-4-14(15)17/h13-14H,2-12,16H2,1H3. The molecule has 2 aliphatic heterocycles. The third-order valence-electron chi connectivity index (χ3n) is 5.47. The number of nitrogens with zero attached hydrogens (tertiary/aromatic N) is 2. The minimum Gasteiger partial charge on any atom is -0.329 e. The maximum atomic E-state index is 6.28. The zero-order valence-corrected chi connectivity index (χ0v) is 11.9. The summed E-state index contributed by atoms with van der Waals surface area (Å²) in [6.45, 7) is 8.34. The molecule has 0 bridgehead atoms. The number of hydrogen-bond acceptors (Lipinski definition) is 3. The van der Waals surface area contributed by atoms with E-state index in [1.165, 1.54) is 64.7 Å². The normalized spacial score (nSPS) is 36.5.